The first-order valence-electron chi connectivity index (χ1n) is 15.4. The molecule has 212 valence electrons. The molecule has 6 nitrogen and oxygen atoms in total. The summed E-state index contributed by atoms with van der Waals surface area (Å²) in [6, 6.07) is 2.06. The van der Waals surface area contributed by atoms with Gasteiger partial charge in [0.05, 0.1) is 13.2 Å². The number of nitrogens with zero attached hydrogens (tertiary/aromatic N) is 1. The Kier molecular flexibility index (Phi) is 6.13. The highest BCUT2D eigenvalue weighted by molar-refractivity contribution is 5.97. The third-order valence-electron chi connectivity index (χ3n) is 12.4. The van der Waals surface area contributed by atoms with Crippen LogP contribution in [0.2, 0.25) is 0 Å². The van der Waals surface area contributed by atoms with E-state index in [0.29, 0.717) is 41.1 Å². The smallest absolute Gasteiger partial charge is 0.231 e. The Morgan fingerprint density at radius 2 is 2.00 bits per heavy atom. The number of fused-ring (bicyclic) bond motifs is 7. The molecule has 0 spiro atoms. The molecule has 1 aromatic carbocycles. The van der Waals surface area contributed by atoms with E-state index in [4.69, 9.17) is 14.2 Å². The predicted molar refractivity (Wildman–Crippen MR) is 149 cm³/mol. The Hall–Kier alpha value is -2.05. The standard InChI is InChI=1S/C33H45NO5/c1-32-12-9-21(35)16-20(32)5-6-22-23-7-8-25(33(23,2)13-10-24(22)32)27(36)17-26-29-19(11-14-34(26)3)15-28-30(31(29)37-4)39-18-38-28/h8,15,20-24,26,35H,5-7,9-14,16-18H2,1-4H3/t20-,21-,22-,23-,24-,26+,32-,33-/m0/s1. The van der Waals surface area contributed by atoms with Crippen LogP contribution in [-0.4, -0.2) is 49.4 Å². The molecule has 7 rings (SSSR count). The Balaban J connectivity index is 1.14. The second kappa shape index (κ2) is 9.24. The molecule has 6 heteroatoms. The molecule has 3 saturated carbocycles. The summed E-state index contributed by atoms with van der Waals surface area (Å²) in [5.74, 6) is 5.12. The van der Waals surface area contributed by atoms with Crippen LogP contribution >= 0.6 is 0 Å². The highest BCUT2D eigenvalue weighted by atomic mass is 16.7. The molecule has 0 radical (unpaired) electrons. The third-order valence-corrected chi connectivity index (χ3v) is 12.4. The van der Waals surface area contributed by atoms with Crippen molar-refractivity contribution < 1.29 is 24.1 Å². The van der Waals surface area contributed by atoms with Crippen LogP contribution in [0.15, 0.2) is 17.7 Å². The molecule has 0 aromatic heterocycles. The number of rotatable bonds is 4. The molecule has 0 amide bonds. The van der Waals surface area contributed by atoms with Crippen LogP contribution < -0.4 is 14.2 Å². The summed E-state index contributed by atoms with van der Waals surface area (Å²) in [7, 11) is 3.82. The summed E-state index contributed by atoms with van der Waals surface area (Å²) in [5, 5.41) is 10.4. The molecule has 39 heavy (non-hydrogen) atoms. The number of methoxy groups -OCH3 is 1. The normalized spacial score (nSPS) is 40.7. The average Bonchev–Trinajstić information content (AvgIpc) is 3.53. The molecule has 1 N–H and O–H groups in total. The maximum Gasteiger partial charge on any atom is 0.231 e. The molecular weight excluding hydrogens is 490 g/mol. The molecule has 2 heterocycles. The van der Waals surface area contributed by atoms with Crippen LogP contribution in [0.5, 0.6) is 17.2 Å². The molecule has 2 aliphatic heterocycles. The van der Waals surface area contributed by atoms with Crippen LogP contribution in [0.25, 0.3) is 0 Å². The van der Waals surface area contributed by atoms with Gasteiger partial charge in [-0.1, -0.05) is 19.9 Å². The minimum atomic E-state index is -0.104. The van der Waals surface area contributed by atoms with Gasteiger partial charge < -0.3 is 19.3 Å². The predicted octanol–water partition coefficient (Wildman–Crippen LogP) is 5.85. The van der Waals surface area contributed by atoms with Gasteiger partial charge in [-0.15, -0.1) is 0 Å². The molecule has 8 atom stereocenters. The summed E-state index contributed by atoms with van der Waals surface area (Å²) in [5.41, 5.74) is 3.73. The highest BCUT2D eigenvalue weighted by Gasteiger charge is 2.59. The number of aliphatic hydroxyl groups is 1. The van der Waals surface area contributed by atoms with Gasteiger partial charge in [-0.05, 0) is 117 Å². The number of allylic oxidation sites excluding steroid dienone is 2. The van der Waals surface area contributed by atoms with E-state index in [1.54, 1.807) is 7.11 Å². The van der Waals surface area contributed by atoms with Crippen molar-refractivity contribution >= 4 is 5.78 Å². The van der Waals surface area contributed by atoms with Crippen molar-refractivity contribution in [3.8, 4) is 17.2 Å². The fourth-order valence-electron chi connectivity index (χ4n) is 10.3. The first-order chi connectivity index (χ1) is 18.7. The van der Waals surface area contributed by atoms with Gasteiger partial charge in [0.2, 0.25) is 12.5 Å². The van der Waals surface area contributed by atoms with Crippen molar-refractivity contribution in [2.45, 2.75) is 90.2 Å². The van der Waals surface area contributed by atoms with Gasteiger partial charge in [0.25, 0.3) is 0 Å². The molecule has 6 aliphatic rings. The van der Waals surface area contributed by atoms with E-state index in [1.165, 1.54) is 24.8 Å². The van der Waals surface area contributed by atoms with Crippen molar-refractivity contribution in [2.24, 2.45) is 34.5 Å². The van der Waals surface area contributed by atoms with Crippen LogP contribution in [0.1, 0.15) is 88.8 Å². The van der Waals surface area contributed by atoms with E-state index in [2.05, 4.69) is 37.9 Å². The number of hydrogen-bond acceptors (Lipinski definition) is 6. The minimum Gasteiger partial charge on any atom is -0.492 e. The van der Waals surface area contributed by atoms with E-state index in [1.807, 2.05) is 0 Å². The van der Waals surface area contributed by atoms with Gasteiger partial charge in [-0.2, -0.15) is 0 Å². The fourth-order valence-corrected chi connectivity index (χ4v) is 10.3. The van der Waals surface area contributed by atoms with Crippen molar-refractivity contribution in [3.63, 3.8) is 0 Å². The summed E-state index contributed by atoms with van der Waals surface area (Å²) in [6.45, 7) is 6.06. The Morgan fingerprint density at radius 1 is 1.15 bits per heavy atom. The number of likely N-dealkylation sites (N-methyl/N-ethyl adjacent to an activating group) is 1. The fraction of sp³-hybridized carbons (Fsp3) is 0.727. The first kappa shape index (κ1) is 25.9. The molecule has 0 bridgehead atoms. The van der Waals surface area contributed by atoms with Crippen molar-refractivity contribution in [1.82, 2.24) is 4.90 Å². The molecule has 0 unspecified atom stereocenters. The van der Waals surface area contributed by atoms with Gasteiger partial charge in [-0.3, -0.25) is 9.69 Å². The van der Waals surface area contributed by atoms with Gasteiger partial charge in [0.15, 0.2) is 17.3 Å². The number of aliphatic hydroxyl groups excluding tert-OH is 1. The lowest BCUT2D eigenvalue weighted by Gasteiger charge is -2.60. The zero-order valence-corrected chi connectivity index (χ0v) is 24.1. The number of carbonyl (C=O) groups is 1. The van der Waals surface area contributed by atoms with E-state index >= 15 is 0 Å². The minimum absolute atomic E-state index is 0.0231. The Bertz CT molecular complexity index is 1210. The van der Waals surface area contributed by atoms with Crippen LogP contribution in [0.4, 0.5) is 0 Å². The maximum atomic E-state index is 14.2. The molecule has 3 fully saturated rings. The van der Waals surface area contributed by atoms with Crippen LogP contribution in [-0.2, 0) is 11.2 Å². The molecule has 1 aromatic rings. The van der Waals surface area contributed by atoms with Crippen molar-refractivity contribution in [1.29, 1.82) is 0 Å². The highest BCUT2D eigenvalue weighted by Crippen LogP contribution is 2.66. The number of hydrogen-bond donors (Lipinski definition) is 1. The molecule has 4 aliphatic carbocycles. The van der Waals surface area contributed by atoms with Gasteiger partial charge in [-0.25, -0.2) is 0 Å². The van der Waals surface area contributed by atoms with Crippen molar-refractivity contribution in [3.05, 3.63) is 28.8 Å². The third kappa shape index (κ3) is 3.76. The molecule has 0 saturated heterocycles. The number of ether oxygens (including phenoxy) is 3. The first-order valence-corrected chi connectivity index (χ1v) is 15.4. The van der Waals surface area contributed by atoms with Crippen LogP contribution in [0, 0.1) is 34.5 Å². The van der Waals surface area contributed by atoms with E-state index in [9.17, 15) is 9.90 Å². The van der Waals surface area contributed by atoms with Crippen LogP contribution in [0.3, 0.4) is 0 Å². The number of Topliss-reactive ketones (excluding diaryl/α,β-unsaturated/α-hetero) is 1. The van der Waals surface area contributed by atoms with Gasteiger partial charge >= 0.3 is 0 Å². The summed E-state index contributed by atoms with van der Waals surface area (Å²) < 4.78 is 17.4. The SMILES string of the molecule is COc1c2c(cc3c1[C@@H](CC(=O)C1=CC[C@H]4[C@@H]5CC[C@H]6C[C@@H](O)CC[C@]6(C)[C@H]5CC[C@]14C)N(C)CC3)OCO2. The van der Waals surface area contributed by atoms with E-state index in [-0.39, 0.29) is 24.4 Å². The largest absolute Gasteiger partial charge is 0.492 e. The molecular formula is C33H45NO5. The lowest BCUT2D eigenvalue weighted by atomic mass is 9.44. The lowest BCUT2D eigenvalue weighted by molar-refractivity contribution is -0.126. The zero-order chi connectivity index (χ0) is 27.1. The van der Waals surface area contributed by atoms with Gasteiger partial charge in [0.1, 0.15) is 0 Å². The Morgan fingerprint density at radius 3 is 2.82 bits per heavy atom. The van der Waals surface area contributed by atoms with Gasteiger partial charge in [0, 0.05) is 24.6 Å². The topological polar surface area (TPSA) is 68.2 Å². The lowest BCUT2D eigenvalue weighted by Crippen LogP contribution is -2.53. The average molecular weight is 536 g/mol. The summed E-state index contributed by atoms with van der Waals surface area (Å²) in [6.07, 6.45) is 12.6. The Labute approximate surface area is 233 Å². The zero-order valence-electron chi connectivity index (χ0n) is 24.1. The number of benzene rings is 1. The maximum absolute atomic E-state index is 14.2. The second-order valence-electron chi connectivity index (χ2n) is 14.0. The second-order valence-corrected chi connectivity index (χ2v) is 14.0. The monoisotopic (exact) mass is 535 g/mol. The van der Waals surface area contributed by atoms with E-state index < -0.39 is 0 Å². The van der Waals surface area contributed by atoms with E-state index in [0.717, 1.165) is 73.6 Å². The van der Waals surface area contributed by atoms with Crippen molar-refractivity contribution in [2.75, 3.05) is 27.5 Å². The number of carbonyl (C=O) groups excluding carboxylic acids is 1. The quantitative estimate of drug-likeness (QED) is 0.522. The summed E-state index contributed by atoms with van der Waals surface area (Å²) >= 11 is 0. The summed E-state index contributed by atoms with van der Waals surface area (Å²) in [4.78, 5) is 16.5. The number of ketones is 1.